The topological polar surface area (TPSA) is 111 Å². The van der Waals surface area contributed by atoms with Gasteiger partial charge in [0.15, 0.2) is 5.82 Å². The predicted octanol–water partition coefficient (Wildman–Crippen LogP) is 10.2. The summed E-state index contributed by atoms with van der Waals surface area (Å²) in [6.07, 6.45) is 12.5. The Bertz CT molecular complexity index is 1970. The van der Waals surface area contributed by atoms with Crippen LogP contribution < -0.4 is 0 Å². The number of aromatic nitrogens is 6. The minimum Gasteiger partial charge on any atom is -0.444 e. The number of aromatic amines is 1. The van der Waals surface area contributed by atoms with Gasteiger partial charge in [0, 0.05) is 56.2 Å². The van der Waals surface area contributed by atoms with Crippen LogP contribution in [0.2, 0.25) is 25.7 Å². The second-order valence-corrected chi connectivity index (χ2v) is 22.0. The standard InChI is InChI=1S/C41H55N7O3Si/c1-9-10-12-28(2)39-45-26-36(48(39)27-50-19-20-52(6,7)8)33-23-42-37(43-24-33)32-17-15-29-21-31(16-14-30(29)22-32)34-25-44-38(46-34)35-13-11-18-47(35)40(49)51-41(3,4)5/h14-17,21-26,28,35H,9-13,18-20,27H2,1-8H3,(H,44,46)/t28-,35-/m0/s1. The van der Waals surface area contributed by atoms with Crippen molar-refractivity contribution in [1.82, 2.24) is 34.4 Å². The fourth-order valence-electron chi connectivity index (χ4n) is 6.73. The first-order valence-corrected chi connectivity index (χ1v) is 22.5. The number of carbonyl (C=O) groups is 1. The number of rotatable bonds is 13. The molecule has 4 heterocycles. The molecule has 1 amide bonds. The van der Waals surface area contributed by atoms with E-state index in [2.05, 4.69) is 84.4 Å². The van der Waals surface area contributed by atoms with Gasteiger partial charge < -0.3 is 19.0 Å². The number of unbranched alkanes of at least 4 members (excludes halogenated alkanes) is 1. The number of benzene rings is 2. The van der Waals surface area contributed by atoms with E-state index >= 15 is 0 Å². The van der Waals surface area contributed by atoms with Crippen LogP contribution in [0.5, 0.6) is 0 Å². The first-order valence-electron chi connectivity index (χ1n) is 18.8. The minimum atomic E-state index is -1.19. The molecular formula is C41H55N7O3Si. The highest BCUT2D eigenvalue weighted by Crippen LogP contribution is 2.34. The monoisotopic (exact) mass is 721 g/mol. The summed E-state index contributed by atoms with van der Waals surface area (Å²) < 4.78 is 14.1. The molecule has 2 atom stereocenters. The number of amides is 1. The number of likely N-dealkylation sites (tertiary alicyclic amines) is 1. The summed E-state index contributed by atoms with van der Waals surface area (Å²) in [5.74, 6) is 2.86. The predicted molar refractivity (Wildman–Crippen MR) is 211 cm³/mol. The van der Waals surface area contributed by atoms with E-state index in [9.17, 15) is 4.79 Å². The van der Waals surface area contributed by atoms with Crippen molar-refractivity contribution in [3.63, 3.8) is 0 Å². The summed E-state index contributed by atoms with van der Waals surface area (Å²) in [5, 5.41) is 2.20. The number of H-pyrrole nitrogens is 1. The van der Waals surface area contributed by atoms with Crippen LogP contribution in [-0.2, 0) is 16.2 Å². The Morgan fingerprint density at radius 1 is 0.962 bits per heavy atom. The maximum absolute atomic E-state index is 12.9. The van der Waals surface area contributed by atoms with E-state index in [0.717, 1.165) is 82.4 Å². The lowest BCUT2D eigenvalue weighted by Gasteiger charge is -2.27. The molecule has 52 heavy (non-hydrogen) atoms. The molecule has 0 saturated carbocycles. The number of hydrogen-bond acceptors (Lipinski definition) is 7. The third kappa shape index (κ3) is 8.98. The van der Waals surface area contributed by atoms with Crippen LogP contribution in [0.4, 0.5) is 4.79 Å². The molecule has 0 bridgehead atoms. The molecule has 1 fully saturated rings. The van der Waals surface area contributed by atoms with E-state index in [4.69, 9.17) is 24.4 Å². The molecule has 1 saturated heterocycles. The first-order chi connectivity index (χ1) is 24.8. The van der Waals surface area contributed by atoms with Gasteiger partial charge in [0.2, 0.25) is 0 Å². The number of imidazole rings is 2. The fraction of sp³-hybridized carbons (Fsp3) is 0.488. The van der Waals surface area contributed by atoms with Crippen LogP contribution in [0.25, 0.3) is 44.7 Å². The summed E-state index contributed by atoms with van der Waals surface area (Å²) >= 11 is 0. The van der Waals surface area contributed by atoms with Crippen molar-refractivity contribution in [3.05, 3.63) is 72.8 Å². The van der Waals surface area contributed by atoms with E-state index < -0.39 is 13.7 Å². The fourth-order valence-corrected chi connectivity index (χ4v) is 7.48. The van der Waals surface area contributed by atoms with Crippen molar-refractivity contribution in [2.24, 2.45) is 0 Å². The number of hydrogen-bond donors (Lipinski definition) is 1. The van der Waals surface area contributed by atoms with Crippen molar-refractivity contribution in [2.45, 2.75) is 117 Å². The zero-order valence-corrected chi connectivity index (χ0v) is 33.2. The van der Waals surface area contributed by atoms with Gasteiger partial charge in [0.05, 0.1) is 29.8 Å². The Morgan fingerprint density at radius 2 is 1.67 bits per heavy atom. The van der Waals surface area contributed by atoms with E-state index in [1.165, 1.54) is 12.8 Å². The number of fused-ring (bicyclic) bond motifs is 1. The summed E-state index contributed by atoms with van der Waals surface area (Å²) in [7, 11) is -1.19. The molecular weight excluding hydrogens is 667 g/mol. The van der Waals surface area contributed by atoms with Crippen molar-refractivity contribution >= 4 is 24.9 Å². The Balaban J connectivity index is 1.18. The summed E-state index contributed by atoms with van der Waals surface area (Å²) in [6, 6.07) is 13.7. The molecule has 1 N–H and O–H groups in total. The molecule has 1 aliphatic heterocycles. The van der Waals surface area contributed by atoms with E-state index in [-0.39, 0.29) is 12.1 Å². The third-order valence-electron chi connectivity index (χ3n) is 9.68. The van der Waals surface area contributed by atoms with Crippen molar-refractivity contribution in [2.75, 3.05) is 13.2 Å². The van der Waals surface area contributed by atoms with E-state index in [1.54, 1.807) is 4.90 Å². The van der Waals surface area contributed by atoms with Gasteiger partial charge in [-0.25, -0.2) is 24.7 Å². The maximum Gasteiger partial charge on any atom is 0.410 e. The van der Waals surface area contributed by atoms with Crippen molar-refractivity contribution in [1.29, 1.82) is 0 Å². The zero-order valence-electron chi connectivity index (χ0n) is 32.2. The molecule has 0 unspecified atom stereocenters. The number of nitrogens with one attached hydrogen (secondary N) is 1. The summed E-state index contributed by atoms with van der Waals surface area (Å²) in [5.41, 5.74) is 4.27. The molecule has 5 aromatic rings. The summed E-state index contributed by atoms with van der Waals surface area (Å²) in [4.78, 5) is 37.3. The van der Waals surface area contributed by atoms with Crippen LogP contribution in [0.1, 0.15) is 90.3 Å². The van der Waals surface area contributed by atoms with Gasteiger partial charge in [-0.2, -0.15) is 0 Å². The number of nitrogens with zero attached hydrogens (tertiary/aromatic N) is 6. The average Bonchev–Trinajstić information content (AvgIpc) is 3.88. The highest BCUT2D eigenvalue weighted by atomic mass is 28.3. The van der Waals surface area contributed by atoms with Crippen LogP contribution in [0, 0.1) is 0 Å². The van der Waals surface area contributed by atoms with Crippen LogP contribution in [0.15, 0.2) is 61.2 Å². The molecule has 276 valence electrons. The SMILES string of the molecule is CCCC[C@H](C)c1ncc(-c2cnc(-c3ccc4cc(-c5cnc([C@@H]6CCCN6C(=O)OC(C)(C)C)[nH]5)ccc4c3)nc2)n1COCC[Si](C)(C)C. The van der Waals surface area contributed by atoms with Gasteiger partial charge >= 0.3 is 6.09 Å². The Hall–Kier alpha value is -4.35. The molecule has 2 aromatic carbocycles. The van der Waals surface area contributed by atoms with E-state index in [1.807, 2.05) is 45.6 Å². The van der Waals surface area contributed by atoms with Gasteiger partial charge in [-0.1, -0.05) is 70.6 Å². The molecule has 0 aliphatic carbocycles. The van der Waals surface area contributed by atoms with Gasteiger partial charge in [0.1, 0.15) is 24.0 Å². The van der Waals surface area contributed by atoms with Crippen molar-refractivity contribution in [3.8, 4) is 33.9 Å². The molecule has 6 rings (SSSR count). The normalized spacial score (nSPS) is 15.8. The zero-order chi connectivity index (χ0) is 37.0. The van der Waals surface area contributed by atoms with Gasteiger partial charge in [0.25, 0.3) is 0 Å². The highest BCUT2D eigenvalue weighted by Gasteiger charge is 2.35. The van der Waals surface area contributed by atoms with Crippen LogP contribution in [0.3, 0.4) is 0 Å². The Kier molecular flexibility index (Phi) is 11.3. The second-order valence-electron chi connectivity index (χ2n) is 16.4. The highest BCUT2D eigenvalue weighted by molar-refractivity contribution is 6.76. The van der Waals surface area contributed by atoms with Crippen LogP contribution >= 0.6 is 0 Å². The molecule has 3 aromatic heterocycles. The van der Waals surface area contributed by atoms with Gasteiger partial charge in [-0.3, -0.25) is 4.90 Å². The van der Waals surface area contributed by atoms with E-state index in [0.29, 0.717) is 25.0 Å². The summed E-state index contributed by atoms with van der Waals surface area (Å²) in [6.45, 7) is 19.2. The molecule has 11 heteroatoms. The largest absolute Gasteiger partial charge is 0.444 e. The second kappa shape index (κ2) is 15.7. The first kappa shape index (κ1) is 37.4. The third-order valence-corrected chi connectivity index (χ3v) is 11.4. The Morgan fingerprint density at radius 3 is 2.37 bits per heavy atom. The van der Waals surface area contributed by atoms with Gasteiger partial charge in [-0.05, 0) is 69.0 Å². The number of carbonyl (C=O) groups excluding carboxylic acids is 1. The average molecular weight is 722 g/mol. The number of ether oxygens (including phenoxy) is 2. The lowest BCUT2D eigenvalue weighted by molar-refractivity contribution is 0.0218. The van der Waals surface area contributed by atoms with Gasteiger partial charge in [-0.15, -0.1) is 0 Å². The molecule has 0 spiro atoms. The lowest BCUT2D eigenvalue weighted by atomic mass is 10.0. The van der Waals surface area contributed by atoms with Crippen molar-refractivity contribution < 1.29 is 14.3 Å². The smallest absolute Gasteiger partial charge is 0.410 e. The molecule has 0 radical (unpaired) electrons. The van der Waals surface area contributed by atoms with Crippen LogP contribution in [-0.4, -0.2) is 67.3 Å². The Labute approximate surface area is 309 Å². The molecule has 1 aliphatic rings. The maximum atomic E-state index is 12.9. The minimum absolute atomic E-state index is 0.122. The molecule has 10 nitrogen and oxygen atoms in total. The lowest BCUT2D eigenvalue weighted by Crippen LogP contribution is -2.36. The quantitative estimate of drug-likeness (QED) is 0.0951.